The van der Waals surface area contributed by atoms with Crippen LogP contribution >= 0.6 is 0 Å². The molecule has 0 saturated carbocycles. The maximum Gasteiger partial charge on any atom is 0.261 e. The molecule has 3 rings (SSSR count). The third kappa shape index (κ3) is 6.45. The van der Waals surface area contributed by atoms with Crippen molar-refractivity contribution in [2.24, 2.45) is 0 Å². The summed E-state index contributed by atoms with van der Waals surface area (Å²) < 4.78 is 45.2. The Labute approximate surface area is 206 Å². The Bertz CT molecular complexity index is 1250. The smallest absolute Gasteiger partial charge is 0.261 e. The molecule has 0 atom stereocenters. The number of hydrogen-bond acceptors (Lipinski definition) is 6. The van der Waals surface area contributed by atoms with Crippen molar-refractivity contribution in [1.29, 1.82) is 0 Å². The summed E-state index contributed by atoms with van der Waals surface area (Å²) in [6.07, 6.45) is 0. The molecule has 0 spiro atoms. The Hall–Kier alpha value is -3.72. The molecule has 0 saturated heterocycles. The van der Waals surface area contributed by atoms with Gasteiger partial charge in [-0.3, -0.25) is 9.52 Å². The van der Waals surface area contributed by atoms with Gasteiger partial charge in [0.25, 0.3) is 15.9 Å². The summed E-state index contributed by atoms with van der Waals surface area (Å²) in [5.41, 5.74) is 1.81. The maximum absolute atomic E-state index is 13.1. The molecular formula is C26H30N2O6S. The van der Waals surface area contributed by atoms with Crippen LogP contribution in [0.4, 0.5) is 11.4 Å². The normalized spacial score (nSPS) is 11.0. The molecule has 0 heterocycles. The summed E-state index contributed by atoms with van der Waals surface area (Å²) in [6.45, 7) is 8.51. The molecule has 0 aromatic heterocycles. The lowest BCUT2D eigenvalue weighted by Crippen LogP contribution is -2.15. The monoisotopic (exact) mass is 498 g/mol. The number of anilines is 2. The Balaban J connectivity index is 1.89. The standard InChI is InChI=1S/C26H30N2O6S/c1-5-32-23-15-19(16-24(33-6-2)25(23)34-7-3)26(29)27-20-14-13-18(4)22(17-20)28-35(30,31)21-11-9-8-10-12-21/h8-17,28H,5-7H2,1-4H3,(H,27,29). The van der Waals surface area contributed by atoms with E-state index in [2.05, 4.69) is 10.0 Å². The van der Waals surface area contributed by atoms with E-state index in [0.717, 1.165) is 0 Å². The number of amides is 1. The average Bonchev–Trinajstić information content (AvgIpc) is 2.83. The quantitative estimate of drug-likeness (QED) is 0.375. The van der Waals surface area contributed by atoms with Crippen LogP contribution in [0.1, 0.15) is 36.7 Å². The lowest BCUT2D eigenvalue weighted by atomic mass is 10.1. The van der Waals surface area contributed by atoms with Crippen LogP contribution in [-0.4, -0.2) is 34.1 Å². The van der Waals surface area contributed by atoms with Crippen molar-refractivity contribution in [3.05, 3.63) is 71.8 Å². The van der Waals surface area contributed by atoms with Gasteiger partial charge in [-0.1, -0.05) is 24.3 Å². The molecule has 0 aliphatic rings. The van der Waals surface area contributed by atoms with Crippen molar-refractivity contribution < 1.29 is 27.4 Å². The molecule has 0 unspecified atom stereocenters. The van der Waals surface area contributed by atoms with Crippen molar-refractivity contribution in [2.45, 2.75) is 32.6 Å². The van der Waals surface area contributed by atoms with E-state index >= 15 is 0 Å². The van der Waals surface area contributed by atoms with E-state index in [0.29, 0.717) is 59.6 Å². The minimum atomic E-state index is -3.78. The van der Waals surface area contributed by atoms with Crippen LogP contribution < -0.4 is 24.2 Å². The summed E-state index contributed by atoms with van der Waals surface area (Å²) in [5.74, 6) is 0.854. The molecule has 186 valence electrons. The van der Waals surface area contributed by atoms with Crippen LogP contribution in [0.5, 0.6) is 17.2 Å². The molecule has 0 radical (unpaired) electrons. The number of aryl methyl sites for hydroxylation is 1. The molecule has 9 heteroatoms. The average molecular weight is 499 g/mol. The van der Waals surface area contributed by atoms with Crippen LogP contribution in [0.2, 0.25) is 0 Å². The number of carbonyl (C=O) groups is 1. The predicted octanol–water partition coefficient (Wildman–Crippen LogP) is 5.24. The molecule has 0 bridgehead atoms. The first-order chi connectivity index (χ1) is 16.8. The molecule has 2 N–H and O–H groups in total. The van der Waals surface area contributed by atoms with Crippen molar-refractivity contribution in [2.75, 3.05) is 29.9 Å². The molecule has 35 heavy (non-hydrogen) atoms. The van der Waals surface area contributed by atoms with Gasteiger partial charge in [0.15, 0.2) is 11.5 Å². The van der Waals surface area contributed by atoms with E-state index in [1.807, 2.05) is 20.8 Å². The summed E-state index contributed by atoms with van der Waals surface area (Å²) in [7, 11) is -3.78. The zero-order valence-corrected chi connectivity index (χ0v) is 21.1. The van der Waals surface area contributed by atoms with E-state index in [1.54, 1.807) is 55.5 Å². The number of hydrogen-bond donors (Lipinski definition) is 2. The number of benzene rings is 3. The molecule has 0 aliphatic heterocycles. The summed E-state index contributed by atoms with van der Waals surface area (Å²) in [6, 6.07) is 16.3. The fourth-order valence-corrected chi connectivity index (χ4v) is 4.48. The lowest BCUT2D eigenvalue weighted by Gasteiger charge is -2.17. The third-order valence-corrected chi connectivity index (χ3v) is 6.35. The number of rotatable bonds is 11. The van der Waals surface area contributed by atoms with Crippen LogP contribution in [0.3, 0.4) is 0 Å². The molecule has 0 aliphatic carbocycles. The first kappa shape index (κ1) is 25.9. The minimum Gasteiger partial charge on any atom is -0.490 e. The van der Waals surface area contributed by atoms with E-state index in [9.17, 15) is 13.2 Å². The van der Waals surface area contributed by atoms with Gasteiger partial charge in [-0.2, -0.15) is 0 Å². The van der Waals surface area contributed by atoms with Crippen molar-refractivity contribution in [1.82, 2.24) is 0 Å². The number of sulfonamides is 1. The van der Waals surface area contributed by atoms with E-state index < -0.39 is 15.9 Å². The zero-order chi connectivity index (χ0) is 25.4. The van der Waals surface area contributed by atoms with Gasteiger partial charge in [-0.15, -0.1) is 0 Å². The van der Waals surface area contributed by atoms with Crippen molar-refractivity contribution in [3.8, 4) is 17.2 Å². The van der Waals surface area contributed by atoms with Gasteiger partial charge in [-0.25, -0.2) is 8.42 Å². The first-order valence-electron chi connectivity index (χ1n) is 11.3. The van der Waals surface area contributed by atoms with Crippen LogP contribution in [0.25, 0.3) is 0 Å². The van der Waals surface area contributed by atoms with Crippen LogP contribution in [0, 0.1) is 6.92 Å². The second kappa shape index (κ2) is 11.6. The summed E-state index contributed by atoms with van der Waals surface area (Å²) in [5, 5.41) is 2.82. The Morgan fingerprint density at radius 2 is 1.43 bits per heavy atom. The highest BCUT2D eigenvalue weighted by atomic mass is 32.2. The number of nitrogens with one attached hydrogen (secondary N) is 2. The predicted molar refractivity (Wildman–Crippen MR) is 136 cm³/mol. The largest absolute Gasteiger partial charge is 0.490 e. The maximum atomic E-state index is 13.1. The van der Waals surface area contributed by atoms with Gasteiger partial charge >= 0.3 is 0 Å². The fraction of sp³-hybridized carbons (Fsp3) is 0.269. The van der Waals surface area contributed by atoms with Gasteiger partial charge in [0.1, 0.15) is 0 Å². The van der Waals surface area contributed by atoms with E-state index in [4.69, 9.17) is 14.2 Å². The van der Waals surface area contributed by atoms with Crippen LogP contribution in [-0.2, 0) is 10.0 Å². The van der Waals surface area contributed by atoms with Gasteiger partial charge in [0.05, 0.1) is 30.4 Å². The number of ether oxygens (including phenoxy) is 3. The zero-order valence-electron chi connectivity index (χ0n) is 20.3. The molecule has 3 aromatic carbocycles. The minimum absolute atomic E-state index is 0.148. The second-order valence-corrected chi connectivity index (χ2v) is 9.19. The lowest BCUT2D eigenvalue weighted by molar-refractivity contribution is 0.102. The van der Waals surface area contributed by atoms with Crippen molar-refractivity contribution in [3.63, 3.8) is 0 Å². The molecule has 0 fully saturated rings. The van der Waals surface area contributed by atoms with E-state index in [1.165, 1.54) is 12.1 Å². The highest BCUT2D eigenvalue weighted by molar-refractivity contribution is 7.92. The van der Waals surface area contributed by atoms with Crippen molar-refractivity contribution >= 4 is 27.3 Å². The van der Waals surface area contributed by atoms with Gasteiger partial charge in [0.2, 0.25) is 5.75 Å². The number of carbonyl (C=O) groups excluding carboxylic acids is 1. The van der Waals surface area contributed by atoms with E-state index in [-0.39, 0.29) is 4.90 Å². The SMILES string of the molecule is CCOc1cc(C(=O)Nc2ccc(C)c(NS(=O)(=O)c3ccccc3)c2)cc(OCC)c1OCC. The Morgan fingerprint density at radius 3 is 2.00 bits per heavy atom. The molecular weight excluding hydrogens is 468 g/mol. The fourth-order valence-electron chi connectivity index (χ4n) is 3.34. The molecule has 1 amide bonds. The van der Waals surface area contributed by atoms with Gasteiger partial charge < -0.3 is 19.5 Å². The first-order valence-corrected chi connectivity index (χ1v) is 12.8. The second-order valence-electron chi connectivity index (χ2n) is 7.50. The molecule has 8 nitrogen and oxygen atoms in total. The highest BCUT2D eigenvalue weighted by Crippen LogP contribution is 2.39. The Kier molecular flexibility index (Phi) is 8.59. The third-order valence-electron chi connectivity index (χ3n) is 4.96. The summed E-state index contributed by atoms with van der Waals surface area (Å²) in [4.78, 5) is 13.2. The topological polar surface area (TPSA) is 103 Å². The summed E-state index contributed by atoms with van der Waals surface area (Å²) >= 11 is 0. The Morgan fingerprint density at radius 1 is 0.829 bits per heavy atom. The molecule has 3 aromatic rings. The highest BCUT2D eigenvalue weighted by Gasteiger charge is 2.19. The van der Waals surface area contributed by atoms with Crippen LogP contribution in [0.15, 0.2) is 65.6 Å². The van der Waals surface area contributed by atoms with Gasteiger partial charge in [0, 0.05) is 11.3 Å². The van der Waals surface area contributed by atoms with Gasteiger partial charge in [-0.05, 0) is 69.7 Å².